The Morgan fingerprint density at radius 2 is 1.86 bits per heavy atom. The van der Waals surface area contributed by atoms with Crippen LogP contribution in [0.25, 0.3) is 10.9 Å². The maximum absolute atomic E-state index is 13.6. The van der Waals surface area contributed by atoms with Crippen molar-refractivity contribution in [1.82, 2.24) is 14.6 Å². The molecule has 198 valence electrons. The minimum atomic E-state index is -3.99. The van der Waals surface area contributed by atoms with E-state index < -0.39 is 22.0 Å². The van der Waals surface area contributed by atoms with Gasteiger partial charge in [-0.1, -0.05) is 35.9 Å². The van der Waals surface area contributed by atoms with Gasteiger partial charge in [-0.05, 0) is 74.3 Å². The Kier molecular flexibility index (Phi) is 8.89. The molecule has 0 radical (unpaired) electrons. The Bertz CT molecular complexity index is 1350. The highest BCUT2D eigenvalue weighted by molar-refractivity contribution is 7.89. The average molecular weight is 546 g/mol. The molecule has 3 N–H and O–H groups in total. The van der Waals surface area contributed by atoms with E-state index in [9.17, 15) is 18.0 Å². The van der Waals surface area contributed by atoms with E-state index in [-0.39, 0.29) is 23.6 Å². The molecule has 1 amide bonds. The van der Waals surface area contributed by atoms with Gasteiger partial charge in [-0.2, -0.15) is 4.72 Å². The Hall–Kier alpha value is -2.88. The average Bonchev–Trinajstić information content (AvgIpc) is 3.36. The number of carbonyl (C=O) groups excluding carboxylic acids is 1. The zero-order chi connectivity index (χ0) is 26.4. The number of halogens is 1. The van der Waals surface area contributed by atoms with Crippen molar-refractivity contribution in [1.29, 1.82) is 0 Å². The van der Waals surface area contributed by atoms with Gasteiger partial charge in [-0.15, -0.1) is 0 Å². The van der Waals surface area contributed by atoms with Crippen LogP contribution >= 0.6 is 11.6 Å². The van der Waals surface area contributed by atoms with Gasteiger partial charge in [0.25, 0.3) is 0 Å². The monoisotopic (exact) mass is 545 g/mol. The molecule has 0 bridgehead atoms. The molecule has 0 spiro atoms. The Morgan fingerprint density at radius 3 is 2.59 bits per heavy atom. The summed E-state index contributed by atoms with van der Waals surface area (Å²) >= 11 is 6.32. The van der Waals surface area contributed by atoms with Crippen molar-refractivity contribution in [2.45, 2.75) is 55.9 Å². The molecule has 1 aliphatic rings. The number of aryl methyl sites for hydroxylation is 1. The normalized spacial score (nSPS) is 15.6. The zero-order valence-corrected chi connectivity index (χ0v) is 22.1. The van der Waals surface area contributed by atoms with Crippen LogP contribution in [0.15, 0.2) is 59.6 Å². The number of sulfonamides is 1. The van der Waals surface area contributed by atoms with Crippen LogP contribution in [-0.4, -0.2) is 54.4 Å². The molecule has 0 saturated carbocycles. The number of fused-ring (bicyclic) bond motifs is 1. The smallest absolute Gasteiger partial charge is 0.303 e. The van der Waals surface area contributed by atoms with Crippen LogP contribution in [0.5, 0.6) is 0 Å². The number of carbonyl (C=O) groups is 2. The van der Waals surface area contributed by atoms with Crippen molar-refractivity contribution < 1.29 is 23.1 Å². The quantitative estimate of drug-likeness (QED) is 0.325. The van der Waals surface area contributed by atoms with E-state index in [4.69, 9.17) is 16.7 Å². The third-order valence-electron chi connectivity index (χ3n) is 7.03. The highest BCUT2D eigenvalue weighted by Crippen LogP contribution is 2.26. The third-order valence-corrected chi connectivity index (χ3v) is 8.93. The van der Waals surface area contributed by atoms with Crippen molar-refractivity contribution >= 4 is 44.4 Å². The Labute approximate surface area is 222 Å². The first kappa shape index (κ1) is 27.2. The molecule has 10 heteroatoms. The predicted molar refractivity (Wildman–Crippen MR) is 143 cm³/mol. The number of likely N-dealkylation sites (tertiary alicyclic amines) is 1. The van der Waals surface area contributed by atoms with Crippen LogP contribution in [-0.2, 0) is 26.0 Å². The molecule has 1 fully saturated rings. The molecule has 37 heavy (non-hydrogen) atoms. The van der Waals surface area contributed by atoms with E-state index in [0.29, 0.717) is 47.8 Å². The number of carboxylic acids is 1. The van der Waals surface area contributed by atoms with E-state index in [1.165, 1.54) is 6.07 Å². The number of hydrogen-bond donors (Lipinski definition) is 3. The summed E-state index contributed by atoms with van der Waals surface area (Å²) in [5.41, 5.74) is 1.55. The fourth-order valence-electron chi connectivity index (χ4n) is 4.98. The van der Waals surface area contributed by atoms with E-state index in [1.54, 1.807) is 35.4 Å². The lowest BCUT2D eigenvalue weighted by atomic mass is 9.91. The molecule has 2 heterocycles. The summed E-state index contributed by atoms with van der Waals surface area (Å²) in [7, 11) is -3.99. The first-order chi connectivity index (χ1) is 17.7. The number of carboxylic acid groups (broad SMARTS) is 1. The largest absolute Gasteiger partial charge is 0.481 e. The van der Waals surface area contributed by atoms with E-state index >= 15 is 0 Å². The van der Waals surface area contributed by atoms with Gasteiger partial charge >= 0.3 is 5.97 Å². The number of aliphatic carboxylic acids is 1. The van der Waals surface area contributed by atoms with Crippen LogP contribution in [0.1, 0.15) is 44.1 Å². The molecule has 1 aromatic heterocycles. The van der Waals surface area contributed by atoms with Gasteiger partial charge in [-0.25, -0.2) is 8.42 Å². The summed E-state index contributed by atoms with van der Waals surface area (Å²) < 4.78 is 29.6. The van der Waals surface area contributed by atoms with E-state index in [0.717, 1.165) is 24.8 Å². The van der Waals surface area contributed by atoms with Gasteiger partial charge in [0.05, 0.1) is 4.90 Å². The van der Waals surface area contributed by atoms with Crippen LogP contribution in [0.4, 0.5) is 0 Å². The molecule has 2 aromatic carbocycles. The summed E-state index contributed by atoms with van der Waals surface area (Å²) in [6.45, 7) is 1.04. The standard InChI is InChI=1S/C27H32ClN3O5S/c28-22-7-2-1-6-20(22)11-12-24(27(34)31-17-14-19(15-18-31)5-3-10-26(32)33)30-37(35,36)25-9-4-8-23-21(25)13-16-29-23/h1-2,4,6-9,13,16,19,24,29-30H,3,5,10-12,14-15,17-18H2,(H,32,33). The lowest BCUT2D eigenvalue weighted by Crippen LogP contribution is -2.50. The topological polar surface area (TPSA) is 120 Å². The van der Waals surface area contributed by atoms with Gasteiger partial charge < -0.3 is 15.0 Å². The van der Waals surface area contributed by atoms with Crippen LogP contribution < -0.4 is 4.72 Å². The highest BCUT2D eigenvalue weighted by Gasteiger charge is 2.32. The van der Waals surface area contributed by atoms with Crippen molar-refractivity contribution in [3.63, 3.8) is 0 Å². The molecular formula is C27H32ClN3O5S. The predicted octanol–water partition coefficient (Wildman–Crippen LogP) is 4.59. The summed E-state index contributed by atoms with van der Waals surface area (Å²) in [4.78, 5) is 29.3. The lowest BCUT2D eigenvalue weighted by Gasteiger charge is -2.34. The fourth-order valence-corrected chi connectivity index (χ4v) is 6.66. The molecule has 0 aliphatic carbocycles. The van der Waals surface area contributed by atoms with Gasteiger partial charge in [-0.3, -0.25) is 9.59 Å². The molecule has 1 saturated heterocycles. The number of H-pyrrole nitrogens is 1. The van der Waals surface area contributed by atoms with Crippen molar-refractivity contribution in [2.75, 3.05) is 13.1 Å². The number of amides is 1. The molecule has 8 nitrogen and oxygen atoms in total. The molecule has 4 rings (SSSR count). The molecule has 1 atom stereocenters. The lowest BCUT2D eigenvalue weighted by molar-refractivity contribution is -0.137. The second-order valence-electron chi connectivity index (χ2n) is 9.55. The number of nitrogens with zero attached hydrogens (tertiary/aromatic N) is 1. The SMILES string of the molecule is O=C(O)CCCC1CCN(C(=O)C(CCc2ccccc2Cl)NS(=O)(=O)c2cccc3[nH]ccc23)CC1. The first-order valence-electron chi connectivity index (χ1n) is 12.6. The first-order valence-corrected chi connectivity index (χ1v) is 14.4. The van der Waals surface area contributed by atoms with Crippen molar-refractivity contribution in [3.05, 3.63) is 65.3 Å². The summed E-state index contributed by atoms with van der Waals surface area (Å²) in [6, 6.07) is 13.1. The molecule has 1 aliphatic heterocycles. The fraction of sp³-hybridized carbons (Fsp3) is 0.407. The van der Waals surface area contributed by atoms with Crippen molar-refractivity contribution in [3.8, 4) is 0 Å². The van der Waals surface area contributed by atoms with Gasteiger partial charge in [0, 0.05) is 41.6 Å². The summed E-state index contributed by atoms with van der Waals surface area (Å²) in [6.07, 6.45) is 5.54. The van der Waals surface area contributed by atoms with E-state index in [2.05, 4.69) is 9.71 Å². The Morgan fingerprint density at radius 1 is 1.11 bits per heavy atom. The van der Waals surface area contributed by atoms with E-state index in [1.807, 2.05) is 18.2 Å². The number of rotatable bonds is 11. The minimum Gasteiger partial charge on any atom is -0.481 e. The van der Waals surface area contributed by atoms with Crippen LogP contribution in [0, 0.1) is 5.92 Å². The maximum Gasteiger partial charge on any atom is 0.303 e. The number of hydrogen-bond acceptors (Lipinski definition) is 4. The molecule has 1 unspecified atom stereocenters. The number of piperidine rings is 1. The number of benzene rings is 2. The second-order valence-corrected chi connectivity index (χ2v) is 11.6. The molecule has 3 aromatic rings. The van der Waals surface area contributed by atoms with Gasteiger partial charge in [0.15, 0.2) is 0 Å². The van der Waals surface area contributed by atoms with Crippen LogP contribution in [0.2, 0.25) is 5.02 Å². The summed E-state index contributed by atoms with van der Waals surface area (Å²) in [5, 5.41) is 10.0. The van der Waals surface area contributed by atoms with Gasteiger partial charge in [0.1, 0.15) is 6.04 Å². The van der Waals surface area contributed by atoms with Crippen molar-refractivity contribution in [2.24, 2.45) is 5.92 Å². The number of nitrogens with one attached hydrogen (secondary N) is 2. The maximum atomic E-state index is 13.6. The number of aromatic nitrogens is 1. The summed E-state index contributed by atoms with van der Waals surface area (Å²) in [5.74, 6) is -0.676. The second kappa shape index (κ2) is 12.1. The minimum absolute atomic E-state index is 0.124. The Balaban J connectivity index is 1.49. The van der Waals surface area contributed by atoms with Gasteiger partial charge in [0.2, 0.25) is 15.9 Å². The highest BCUT2D eigenvalue weighted by atomic mass is 35.5. The van der Waals surface area contributed by atoms with Crippen LogP contribution in [0.3, 0.4) is 0 Å². The zero-order valence-electron chi connectivity index (χ0n) is 20.5. The molecular weight excluding hydrogens is 514 g/mol. The number of aromatic amines is 1. The third kappa shape index (κ3) is 6.91.